The van der Waals surface area contributed by atoms with Crippen molar-refractivity contribution >= 4 is 17.2 Å². The van der Waals surface area contributed by atoms with E-state index in [-0.39, 0.29) is 5.41 Å². The summed E-state index contributed by atoms with van der Waals surface area (Å²) in [5.41, 5.74) is 4.61. The Hall–Kier alpha value is -1.26. The van der Waals surface area contributed by atoms with E-state index in [1.165, 1.54) is 22.3 Å². The van der Waals surface area contributed by atoms with Crippen molar-refractivity contribution < 1.29 is 27.1 Å². The number of hydrogen-bond donors (Lipinski definition) is 0. The van der Waals surface area contributed by atoms with Crippen LogP contribution in [-0.2, 0) is 18.1 Å². The maximum absolute atomic E-state index is 6.20. The van der Waals surface area contributed by atoms with Gasteiger partial charge in [0, 0.05) is 0 Å². The van der Waals surface area contributed by atoms with Crippen LogP contribution >= 0.6 is 17.2 Å². The molecule has 1 spiro atoms. The molecule has 0 saturated carbocycles. The molecule has 2 saturated heterocycles. The van der Waals surface area contributed by atoms with Gasteiger partial charge in [-0.1, -0.05) is 79.7 Å². The average Bonchev–Trinajstić information content (AvgIpc) is 2.87. The van der Waals surface area contributed by atoms with Crippen LogP contribution in [0.4, 0.5) is 0 Å². The van der Waals surface area contributed by atoms with Crippen molar-refractivity contribution in [2.24, 2.45) is 5.41 Å². The molecule has 0 aromatic heterocycles. The number of hydrogen-bond acceptors (Lipinski definition) is 6. The van der Waals surface area contributed by atoms with Gasteiger partial charge in [-0.3, -0.25) is 0 Å². The Morgan fingerprint density at radius 1 is 0.568 bits per heavy atom. The van der Waals surface area contributed by atoms with Crippen LogP contribution in [0.25, 0.3) is 0 Å². The highest BCUT2D eigenvalue weighted by Gasteiger charge is 2.45. The third-order valence-corrected chi connectivity index (χ3v) is 8.95. The molecule has 8 heteroatoms. The lowest BCUT2D eigenvalue weighted by Crippen LogP contribution is -2.45. The van der Waals surface area contributed by atoms with Gasteiger partial charge in [0.2, 0.25) is 0 Å². The van der Waals surface area contributed by atoms with Gasteiger partial charge in [0.05, 0.1) is 31.8 Å². The fourth-order valence-electron chi connectivity index (χ4n) is 4.27. The zero-order valence-corrected chi connectivity index (χ0v) is 25.2. The quantitative estimate of drug-likeness (QED) is 0.307. The van der Waals surface area contributed by atoms with Crippen LogP contribution in [0.15, 0.2) is 36.4 Å². The fraction of sp³-hybridized carbons (Fsp3) is 0.586. The van der Waals surface area contributed by atoms with E-state index in [2.05, 4.69) is 79.7 Å². The molecule has 37 heavy (non-hydrogen) atoms. The van der Waals surface area contributed by atoms with E-state index in [1.54, 1.807) is 0 Å². The van der Waals surface area contributed by atoms with Crippen molar-refractivity contribution in [2.45, 2.75) is 79.1 Å². The van der Waals surface area contributed by atoms with Crippen molar-refractivity contribution in [3.05, 3.63) is 58.7 Å². The molecule has 0 atom stereocenters. The highest BCUT2D eigenvalue weighted by atomic mass is 31.2. The summed E-state index contributed by atoms with van der Waals surface area (Å²) in [6.07, 6.45) is 0. The first-order valence-corrected chi connectivity index (χ1v) is 15.5. The van der Waals surface area contributed by atoms with E-state index in [4.69, 9.17) is 27.1 Å². The van der Waals surface area contributed by atoms with Gasteiger partial charge in [0.25, 0.3) is 0 Å². The molecule has 2 heterocycles. The summed E-state index contributed by atoms with van der Waals surface area (Å²) in [6.45, 7) is 19.4. The average molecular weight is 549 g/mol. The Bertz CT molecular complexity index is 952. The molecular weight excluding hydrogens is 506 g/mol. The first-order chi connectivity index (χ1) is 17.6. The van der Waals surface area contributed by atoms with Gasteiger partial charge in [-0.05, 0) is 58.1 Å². The van der Waals surface area contributed by atoms with Crippen LogP contribution in [0, 0.1) is 5.41 Å². The van der Waals surface area contributed by atoms with E-state index < -0.39 is 17.2 Å². The maximum atomic E-state index is 6.20. The Kier molecular flexibility index (Phi) is 9.54. The van der Waals surface area contributed by atoms with Crippen LogP contribution in [0.3, 0.4) is 0 Å². The molecule has 2 aromatic rings. The summed E-state index contributed by atoms with van der Waals surface area (Å²) in [6, 6.07) is 12.8. The molecule has 204 valence electrons. The predicted molar refractivity (Wildman–Crippen MR) is 151 cm³/mol. The van der Waals surface area contributed by atoms with E-state index >= 15 is 0 Å². The zero-order chi connectivity index (χ0) is 26.7. The van der Waals surface area contributed by atoms with Crippen LogP contribution in [0.5, 0.6) is 11.5 Å². The van der Waals surface area contributed by atoms with Crippen LogP contribution in [-0.4, -0.2) is 26.4 Å². The van der Waals surface area contributed by atoms with Gasteiger partial charge in [-0.25, -0.2) is 0 Å². The van der Waals surface area contributed by atoms with Gasteiger partial charge in [-0.15, -0.1) is 0 Å². The van der Waals surface area contributed by atoms with Gasteiger partial charge in [-0.2, -0.15) is 0 Å². The van der Waals surface area contributed by atoms with Crippen LogP contribution in [0.1, 0.15) is 101 Å². The Balaban J connectivity index is 1.32. The predicted octanol–water partition coefficient (Wildman–Crippen LogP) is 9.17. The molecule has 2 aliphatic heterocycles. The second-order valence-corrected chi connectivity index (χ2v) is 13.7. The summed E-state index contributed by atoms with van der Waals surface area (Å²) in [5, 5.41) is 0. The fourth-order valence-corrected chi connectivity index (χ4v) is 6.80. The second kappa shape index (κ2) is 12.3. The van der Waals surface area contributed by atoms with Crippen molar-refractivity contribution in [1.29, 1.82) is 0 Å². The molecule has 0 unspecified atom stereocenters. The van der Waals surface area contributed by atoms with Crippen molar-refractivity contribution in [3.8, 4) is 11.5 Å². The minimum absolute atomic E-state index is 0.344. The molecule has 4 rings (SSSR count). The third-order valence-electron chi connectivity index (χ3n) is 6.90. The Labute approximate surface area is 225 Å². The maximum Gasteiger partial charge on any atom is 0.397 e. The lowest BCUT2D eigenvalue weighted by atomic mass is 9.93. The normalized spacial score (nSPS) is 24.4. The van der Waals surface area contributed by atoms with Gasteiger partial charge >= 0.3 is 17.2 Å². The van der Waals surface area contributed by atoms with Crippen molar-refractivity contribution in [1.82, 2.24) is 0 Å². The first-order valence-electron chi connectivity index (χ1n) is 13.3. The lowest BCUT2D eigenvalue weighted by molar-refractivity contribution is -0.0673. The lowest BCUT2D eigenvalue weighted by Gasteiger charge is -2.41. The molecule has 0 radical (unpaired) electrons. The third kappa shape index (κ3) is 7.04. The second-order valence-electron chi connectivity index (χ2n) is 11.4. The van der Waals surface area contributed by atoms with Crippen molar-refractivity contribution in [3.63, 3.8) is 0 Å². The summed E-state index contributed by atoms with van der Waals surface area (Å²) < 4.78 is 36.6. The Morgan fingerprint density at radius 2 is 0.919 bits per heavy atom. The number of rotatable bonds is 8. The van der Waals surface area contributed by atoms with Gasteiger partial charge in [0.15, 0.2) is 0 Å². The van der Waals surface area contributed by atoms with Crippen LogP contribution in [0.2, 0.25) is 0 Å². The van der Waals surface area contributed by atoms with Gasteiger partial charge in [0.1, 0.15) is 11.5 Å². The smallest absolute Gasteiger partial charge is 0.397 e. The molecule has 6 nitrogen and oxygen atoms in total. The monoisotopic (exact) mass is 548 g/mol. The SMILES string of the molecule is CC(C)c1ccc(OP2OCC3(CO2)COP(Oc2ccc(C(C)C)cc2C(C)C)OC3)c(C(C)C)c1. The molecule has 2 aliphatic rings. The highest BCUT2D eigenvalue weighted by molar-refractivity contribution is 7.42. The van der Waals surface area contributed by atoms with E-state index in [0.29, 0.717) is 50.1 Å². The summed E-state index contributed by atoms with van der Waals surface area (Å²) >= 11 is 0. The topological polar surface area (TPSA) is 55.4 Å². The van der Waals surface area contributed by atoms with E-state index in [9.17, 15) is 0 Å². The summed E-state index contributed by atoms with van der Waals surface area (Å²) in [4.78, 5) is 0. The largest absolute Gasteiger partial charge is 0.426 e. The number of benzene rings is 2. The molecule has 0 amide bonds. The van der Waals surface area contributed by atoms with Crippen molar-refractivity contribution in [2.75, 3.05) is 26.4 Å². The minimum atomic E-state index is -1.47. The summed E-state index contributed by atoms with van der Waals surface area (Å²) in [5.74, 6) is 3.29. The highest BCUT2D eigenvalue weighted by Crippen LogP contribution is 2.54. The molecule has 0 bridgehead atoms. The van der Waals surface area contributed by atoms with Gasteiger partial charge < -0.3 is 27.1 Å². The van der Waals surface area contributed by atoms with E-state index in [1.807, 2.05) is 12.1 Å². The summed E-state index contributed by atoms with van der Waals surface area (Å²) in [7, 11) is -2.95. The molecular formula is C29H42O6P2. The zero-order valence-electron chi connectivity index (χ0n) is 23.4. The first kappa shape index (κ1) is 28.7. The van der Waals surface area contributed by atoms with E-state index in [0.717, 1.165) is 11.5 Å². The Morgan fingerprint density at radius 3 is 1.22 bits per heavy atom. The molecule has 2 fully saturated rings. The molecule has 2 aromatic carbocycles. The standard InChI is InChI=1S/C29H42O6P2/c1-19(2)23-9-11-27(25(13-23)21(5)6)34-36-30-15-29(16-31-36)17-32-37(33-18-29)35-28-12-10-24(20(3)4)14-26(28)22(7)8/h9-14,19-22H,15-18H2,1-8H3. The van der Waals surface area contributed by atoms with Crippen LogP contribution < -0.4 is 9.05 Å². The molecule has 0 aliphatic carbocycles. The molecule has 0 N–H and O–H groups in total. The minimum Gasteiger partial charge on any atom is -0.426 e.